The van der Waals surface area contributed by atoms with Crippen molar-refractivity contribution in [3.05, 3.63) is 112 Å². The van der Waals surface area contributed by atoms with Gasteiger partial charge in [0.15, 0.2) is 5.82 Å². The maximum absolute atomic E-state index is 14.3. The molecule has 6 rings (SSSR count). The molecule has 3 heterocycles. The molecule has 9 heteroatoms. The van der Waals surface area contributed by atoms with E-state index in [4.69, 9.17) is 0 Å². The van der Waals surface area contributed by atoms with Crippen molar-refractivity contribution in [2.24, 2.45) is 4.99 Å². The standard InChI is InChI=1S/C30H22N6OS2/c1-19(35-28-27-29(33-16-32-28)39-18-34-27)25-14-22-6-5-9-24(21-12-10-20(11-13-21)15-31-17-38)26(22)30(37)36(25)23-7-3-2-4-8-23/h2-14,16,18-19H,15H2,1H3,(H,32,33,35)/t19-/m0/s1. The number of hydrogen-bond acceptors (Lipinski definition) is 8. The summed E-state index contributed by atoms with van der Waals surface area (Å²) in [4.78, 5) is 32.3. The van der Waals surface area contributed by atoms with Crippen LogP contribution in [-0.4, -0.2) is 24.7 Å². The normalized spacial score (nSPS) is 11.8. The van der Waals surface area contributed by atoms with E-state index in [1.165, 1.54) is 17.7 Å². The molecule has 0 aliphatic carbocycles. The molecular weight excluding hydrogens is 525 g/mol. The Morgan fingerprint density at radius 3 is 2.64 bits per heavy atom. The van der Waals surface area contributed by atoms with Crippen molar-refractivity contribution in [2.45, 2.75) is 19.5 Å². The second-order valence-corrected chi connectivity index (χ2v) is 10.0. The van der Waals surface area contributed by atoms with Crippen molar-refractivity contribution in [1.29, 1.82) is 0 Å². The van der Waals surface area contributed by atoms with E-state index in [0.717, 1.165) is 38.3 Å². The molecule has 0 aliphatic rings. The average molecular weight is 547 g/mol. The Bertz CT molecular complexity index is 1910. The molecule has 0 saturated heterocycles. The molecule has 3 aromatic heterocycles. The molecule has 3 aromatic carbocycles. The fourth-order valence-electron chi connectivity index (χ4n) is 4.78. The smallest absolute Gasteiger partial charge is 0.263 e. The van der Waals surface area contributed by atoms with Crippen molar-refractivity contribution >= 4 is 55.7 Å². The van der Waals surface area contributed by atoms with E-state index in [-0.39, 0.29) is 11.6 Å². The summed E-state index contributed by atoms with van der Waals surface area (Å²) in [7, 11) is 0. The highest BCUT2D eigenvalue weighted by Crippen LogP contribution is 2.31. The van der Waals surface area contributed by atoms with Crippen LogP contribution in [0.25, 0.3) is 37.9 Å². The molecule has 6 aromatic rings. The molecule has 0 fully saturated rings. The van der Waals surface area contributed by atoms with Crippen LogP contribution in [0.5, 0.6) is 0 Å². The third kappa shape index (κ3) is 4.75. The number of fused-ring (bicyclic) bond motifs is 2. The van der Waals surface area contributed by atoms with Crippen LogP contribution < -0.4 is 10.9 Å². The number of aromatic nitrogens is 4. The topological polar surface area (TPSA) is 85.1 Å². The number of benzene rings is 3. The molecule has 190 valence electrons. The zero-order valence-electron chi connectivity index (χ0n) is 20.9. The van der Waals surface area contributed by atoms with Gasteiger partial charge in [-0.15, -0.1) is 11.3 Å². The number of isothiocyanates is 1. The summed E-state index contributed by atoms with van der Waals surface area (Å²) < 4.78 is 1.78. The van der Waals surface area contributed by atoms with Gasteiger partial charge in [0.1, 0.15) is 16.7 Å². The summed E-state index contributed by atoms with van der Waals surface area (Å²) in [5, 5.41) is 7.40. The fourth-order valence-corrected chi connectivity index (χ4v) is 5.47. The van der Waals surface area contributed by atoms with Gasteiger partial charge in [-0.05, 0) is 59.4 Å². The van der Waals surface area contributed by atoms with Crippen LogP contribution >= 0.6 is 23.6 Å². The van der Waals surface area contributed by atoms with Gasteiger partial charge in [0.25, 0.3) is 5.56 Å². The van der Waals surface area contributed by atoms with Gasteiger partial charge in [0, 0.05) is 11.4 Å². The van der Waals surface area contributed by atoms with E-state index in [1.807, 2.05) is 79.7 Å². The Morgan fingerprint density at radius 1 is 1.03 bits per heavy atom. The summed E-state index contributed by atoms with van der Waals surface area (Å²) in [5.74, 6) is 0.632. The number of pyridine rings is 1. The highest BCUT2D eigenvalue weighted by atomic mass is 32.1. The van der Waals surface area contributed by atoms with E-state index < -0.39 is 0 Å². The summed E-state index contributed by atoms with van der Waals surface area (Å²) in [5.41, 5.74) is 6.84. The molecule has 1 atom stereocenters. The first kappa shape index (κ1) is 24.8. The van der Waals surface area contributed by atoms with Gasteiger partial charge < -0.3 is 5.32 Å². The van der Waals surface area contributed by atoms with E-state index >= 15 is 0 Å². The molecule has 0 spiro atoms. The Morgan fingerprint density at radius 2 is 1.85 bits per heavy atom. The molecule has 0 amide bonds. The minimum absolute atomic E-state index is 0.0890. The Balaban J connectivity index is 1.52. The molecule has 39 heavy (non-hydrogen) atoms. The van der Waals surface area contributed by atoms with E-state index in [0.29, 0.717) is 23.3 Å². The molecule has 0 saturated carbocycles. The van der Waals surface area contributed by atoms with E-state index in [1.54, 1.807) is 10.1 Å². The second-order valence-electron chi connectivity index (χ2n) is 9.01. The van der Waals surface area contributed by atoms with Crippen molar-refractivity contribution in [3.63, 3.8) is 0 Å². The predicted molar refractivity (Wildman–Crippen MR) is 161 cm³/mol. The number of hydrogen-bond donors (Lipinski definition) is 1. The van der Waals surface area contributed by atoms with Crippen molar-refractivity contribution in [3.8, 4) is 16.8 Å². The van der Waals surface area contributed by atoms with Crippen LogP contribution in [0.1, 0.15) is 24.2 Å². The summed E-state index contributed by atoms with van der Waals surface area (Å²) >= 11 is 6.15. The highest BCUT2D eigenvalue weighted by molar-refractivity contribution is 7.78. The summed E-state index contributed by atoms with van der Waals surface area (Å²) in [6, 6.07) is 25.5. The lowest BCUT2D eigenvalue weighted by molar-refractivity contribution is 0.774. The summed E-state index contributed by atoms with van der Waals surface area (Å²) in [6.07, 6.45) is 1.53. The van der Waals surface area contributed by atoms with Gasteiger partial charge in [-0.2, -0.15) is 0 Å². The largest absolute Gasteiger partial charge is 0.360 e. The number of nitrogens with one attached hydrogen (secondary N) is 1. The third-order valence-electron chi connectivity index (χ3n) is 6.61. The minimum atomic E-state index is -0.258. The van der Waals surface area contributed by atoms with Crippen molar-refractivity contribution in [1.82, 2.24) is 19.5 Å². The number of anilines is 1. The molecule has 0 aliphatic heterocycles. The number of aliphatic imine (C=N–C) groups is 1. The number of thiocarbonyl (C=S) groups is 1. The van der Waals surface area contributed by atoms with Gasteiger partial charge >= 0.3 is 0 Å². The second kappa shape index (κ2) is 10.7. The number of nitrogens with zero attached hydrogens (tertiary/aromatic N) is 5. The predicted octanol–water partition coefficient (Wildman–Crippen LogP) is 6.83. The zero-order chi connectivity index (χ0) is 26.8. The average Bonchev–Trinajstić information content (AvgIpc) is 3.46. The van der Waals surface area contributed by atoms with Crippen LogP contribution in [0.2, 0.25) is 0 Å². The van der Waals surface area contributed by atoms with Crippen molar-refractivity contribution in [2.75, 3.05) is 5.32 Å². The van der Waals surface area contributed by atoms with E-state index in [2.05, 4.69) is 48.7 Å². The van der Waals surface area contributed by atoms with Gasteiger partial charge in [-0.1, -0.05) is 60.7 Å². The molecular formula is C30H22N6OS2. The molecule has 7 nitrogen and oxygen atoms in total. The Hall–Kier alpha value is -4.56. The van der Waals surface area contributed by atoms with E-state index in [9.17, 15) is 4.79 Å². The van der Waals surface area contributed by atoms with Crippen LogP contribution in [0.15, 0.2) is 100 Å². The monoisotopic (exact) mass is 546 g/mol. The Labute approximate surface area is 233 Å². The first-order valence-electron chi connectivity index (χ1n) is 12.3. The van der Waals surface area contributed by atoms with Crippen LogP contribution in [-0.2, 0) is 6.54 Å². The first-order valence-corrected chi connectivity index (χ1v) is 13.6. The van der Waals surface area contributed by atoms with Crippen LogP contribution in [0, 0.1) is 0 Å². The number of thiazole rings is 1. The SMILES string of the molecule is C[C@H](Nc1ncnc2scnc12)c1cc2cccc(-c3ccc(CN=C=S)cc3)c2c(=O)n1-c1ccccc1. The van der Waals surface area contributed by atoms with Crippen LogP contribution in [0.4, 0.5) is 5.82 Å². The maximum Gasteiger partial charge on any atom is 0.263 e. The number of rotatable bonds is 7. The summed E-state index contributed by atoms with van der Waals surface area (Å²) in [6.45, 7) is 2.50. The molecule has 0 bridgehead atoms. The van der Waals surface area contributed by atoms with Crippen LogP contribution in [0.3, 0.4) is 0 Å². The van der Waals surface area contributed by atoms with Gasteiger partial charge in [0.2, 0.25) is 0 Å². The third-order valence-corrected chi connectivity index (χ3v) is 7.47. The quantitative estimate of drug-likeness (QED) is 0.174. The molecule has 0 radical (unpaired) electrons. The van der Waals surface area contributed by atoms with Gasteiger partial charge in [0.05, 0.1) is 28.6 Å². The molecule has 1 N–H and O–H groups in total. The molecule has 0 unspecified atom stereocenters. The first-order chi connectivity index (χ1) is 19.1. The van der Waals surface area contributed by atoms with Gasteiger partial charge in [-0.3, -0.25) is 9.36 Å². The lowest BCUT2D eigenvalue weighted by Crippen LogP contribution is -2.26. The number of para-hydroxylation sites is 1. The lowest BCUT2D eigenvalue weighted by Gasteiger charge is -2.22. The minimum Gasteiger partial charge on any atom is -0.360 e. The van der Waals surface area contributed by atoms with Crippen molar-refractivity contribution < 1.29 is 0 Å². The van der Waals surface area contributed by atoms with Gasteiger partial charge in [-0.25, -0.2) is 19.9 Å². The Kier molecular flexibility index (Phi) is 6.77. The zero-order valence-corrected chi connectivity index (χ0v) is 22.5. The fraction of sp³-hybridized carbons (Fsp3) is 0.100. The highest BCUT2D eigenvalue weighted by Gasteiger charge is 2.20. The maximum atomic E-state index is 14.3. The lowest BCUT2D eigenvalue weighted by atomic mass is 9.97.